The SMILES string of the molecule is Cc1ccc2c(c1)CCCN2C(=O)Cc1ccc(C(F)(F)F)cc1. The van der Waals surface area contributed by atoms with Crippen molar-refractivity contribution < 1.29 is 18.0 Å². The zero-order valence-electron chi connectivity index (χ0n) is 13.4. The van der Waals surface area contributed by atoms with Crippen molar-refractivity contribution in [3.8, 4) is 0 Å². The van der Waals surface area contributed by atoms with Crippen LogP contribution in [-0.4, -0.2) is 12.5 Å². The molecule has 24 heavy (non-hydrogen) atoms. The summed E-state index contributed by atoms with van der Waals surface area (Å²) in [6.07, 6.45) is -2.41. The Morgan fingerprint density at radius 3 is 2.50 bits per heavy atom. The van der Waals surface area contributed by atoms with Crippen LogP contribution in [0, 0.1) is 6.92 Å². The van der Waals surface area contributed by atoms with Crippen LogP contribution in [0.25, 0.3) is 0 Å². The maximum atomic E-state index is 12.6. The number of fused-ring (bicyclic) bond motifs is 1. The molecule has 3 rings (SSSR count). The number of carbonyl (C=O) groups is 1. The molecule has 2 aromatic rings. The van der Waals surface area contributed by atoms with Gasteiger partial charge in [0.15, 0.2) is 0 Å². The van der Waals surface area contributed by atoms with Crippen LogP contribution in [0.2, 0.25) is 0 Å². The third-order valence-electron chi connectivity index (χ3n) is 4.29. The number of carbonyl (C=O) groups excluding carboxylic acids is 1. The molecule has 0 aliphatic carbocycles. The van der Waals surface area contributed by atoms with E-state index in [2.05, 4.69) is 6.07 Å². The molecule has 2 aromatic carbocycles. The van der Waals surface area contributed by atoms with E-state index in [0.29, 0.717) is 12.1 Å². The van der Waals surface area contributed by atoms with E-state index in [1.54, 1.807) is 4.90 Å². The van der Waals surface area contributed by atoms with E-state index in [1.807, 2.05) is 19.1 Å². The van der Waals surface area contributed by atoms with Crippen LogP contribution in [0.15, 0.2) is 42.5 Å². The van der Waals surface area contributed by atoms with Crippen molar-refractivity contribution in [2.75, 3.05) is 11.4 Å². The third kappa shape index (κ3) is 3.45. The summed E-state index contributed by atoms with van der Waals surface area (Å²) < 4.78 is 37.8. The summed E-state index contributed by atoms with van der Waals surface area (Å²) in [5, 5.41) is 0. The van der Waals surface area contributed by atoms with Crippen LogP contribution in [0.3, 0.4) is 0 Å². The lowest BCUT2D eigenvalue weighted by Gasteiger charge is -2.30. The Bertz CT molecular complexity index is 750. The van der Waals surface area contributed by atoms with Gasteiger partial charge in [-0.2, -0.15) is 13.2 Å². The molecule has 126 valence electrons. The molecule has 0 fully saturated rings. The minimum absolute atomic E-state index is 0.0837. The molecular formula is C19H18F3NO. The van der Waals surface area contributed by atoms with Crippen molar-refractivity contribution in [2.45, 2.75) is 32.4 Å². The summed E-state index contributed by atoms with van der Waals surface area (Å²) in [5.74, 6) is -0.0837. The molecule has 0 saturated heterocycles. The predicted molar refractivity (Wildman–Crippen MR) is 87.0 cm³/mol. The Balaban J connectivity index is 1.77. The first-order chi connectivity index (χ1) is 11.3. The first-order valence-corrected chi connectivity index (χ1v) is 7.90. The van der Waals surface area contributed by atoms with Crippen LogP contribution >= 0.6 is 0 Å². The number of rotatable bonds is 2. The third-order valence-corrected chi connectivity index (χ3v) is 4.29. The lowest BCUT2D eigenvalue weighted by Crippen LogP contribution is -2.36. The fraction of sp³-hybridized carbons (Fsp3) is 0.316. The maximum absolute atomic E-state index is 12.6. The highest BCUT2D eigenvalue weighted by Gasteiger charge is 2.30. The highest BCUT2D eigenvalue weighted by atomic mass is 19.4. The van der Waals surface area contributed by atoms with Crippen molar-refractivity contribution in [1.29, 1.82) is 0 Å². The van der Waals surface area contributed by atoms with E-state index >= 15 is 0 Å². The zero-order valence-corrected chi connectivity index (χ0v) is 13.4. The molecule has 1 heterocycles. The second kappa shape index (κ2) is 6.30. The number of nitrogens with zero attached hydrogens (tertiary/aromatic N) is 1. The van der Waals surface area contributed by atoms with Crippen LogP contribution < -0.4 is 4.90 Å². The smallest absolute Gasteiger partial charge is 0.312 e. The minimum Gasteiger partial charge on any atom is -0.312 e. The summed E-state index contributed by atoms with van der Waals surface area (Å²) in [6, 6.07) is 10.8. The Morgan fingerprint density at radius 1 is 1.12 bits per heavy atom. The number of hydrogen-bond donors (Lipinski definition) is 0. The van der Waals surface area contributed by atoms with Gasteiger partial charge in [-0.05, 0) is 49.1 Å². The van der Waals surface area contributed by atoms with Gasteiger partial charge in [0.2, 0.25) is 5.91 Å². The van der Waals surface area contributed by atoms with Gasteiger partial charge in [-0.3, -0.25) is 4.79 Å². The van der Waals surface area contributed by atoms with Crippen LogP contribution in [0.5, 0.6) is 0 Å². The van der Waals surface area contributed by atoms with Crippen molar-refractivity contribution in [1.82, 2.24) is 0 Å². The number of hydrogen-bond acceptors (Lipinski definition) is 1. The van der Waals surface area contributed by atoms with Gasteiger partial charge in [0.1, 0.15) is 0 Å². The normalized spacial score (nSPS) is 14.4. The fourth-order valence-corrected chi connectivity index (χ4v) is 3.07. The topological polar surface area (TPSA) is 20.3 Å². The summed E-state index contributed by atoms with van der Waals surface area (Å²) >= 11 is 0. The second-order valence-electron chi connectivity index (χ2n) is 6.15. The fourth-order valence-electron chi connectivity index (χ4n) is 3.07. The first-order valence-electron chi connectivity index (χ1n) is 7.90. The average Bonchev–Trinajstić information content (AvgIpc) is 2.53. The van der Waals surface area contributed by atoms with E-state index in [9.17, 15) is 18.0 Å². The molecule has 0 N–H and O–H groups in total. The predicted octanol–water partition coefficient (Wildman–Crippen LogP) is 4.54. The number of halogens is 3. The van der Waals surface area contributed by atoms with Gasteiger partial charge in [0.25, 0.3) is 0 Å². The van der Waals surface area contributed by atoms with Crippen LogP contribution in [0.1, 0.15) is 28.7 Å². The Morgan fingerprint density at radius 2 is 1.83 bits per heavy atom. The van der Waals surface area contributed by atoms with E-state index < -0.39 is 11.7 Å². The average molecular weight is 333 g/mol. The van der Waals surface area contributed by atoms with Gasteiger partial charge in [0.05, 0.1) is 12.0 Å². The Kier molecular flexibility index (Phi) is 4.35. The number of anilines is 1. The van der Waals surface area contributed by atoms with Crippen LogP contribution in [-0.2, 0) is 23.8 Å². The maximum Gasteiger partial charge on any atom is 0.416 e. The summed E-state index contributed by atoms with van der Waals surface area (Å²) in [4.78, 5) is 14.3. The van der Waals surface area contributed by atoms with Gasteiger partial charge in [-0.25, -0.2) is 0 Å². The molecule has 0 unspecified atom stereocenters. The molecule has 0 saturated carbocycles. The molecule has 0 bridgehead atoms. The highest BCUT2D eigenvalue weighted by molar-refractivity contribution is 5.96. The largest absolute Gasteiger partial charge is 0.416 e. The van der Waals surface area contributed by atoms with Gasteiger partial charge in [0, 0.05) is 12.2 Å². The molecule has 1 aliphatic rings. The lowest BCUT2D eigenvalue weighted by molar-refractivity contribution is -0.137. The zero-order chi connectivity index (χ0) is 17.3. The Hall–Kier alpha value is -2.30. The van der Waals surface area contributed by atoms with Gasteiger partial charge in [-0.15, -0.1) is 0 Å². The standard InChI is InChI=1S/C19H18F3NO/c1-13-4-9-17-15(11-13)3-2-10-23(17)18(24)12-14-5-7-16(8-6-14)19(20,21)22/h4-9,11H,2-3,10,12H2,1H3. The quantitative estimate of drug-likeness (QED) is 0.790. The van der Waals surface area contributed by atoms with Gasteiger partial charge >= 0.3 is 6.18 Å². The number of benzene rings is 2. The number of alkyl halides is 3. The minimum atomic E-state index is -4.35. The molecule has 2 nitrogen and oxygen atoms in total. The van der Waals surface area contributed by atoms with E-state index in [1.165, 1.54) is 12.1 Å². The number of amides is 1. The molecule has 0 spiro atoms. The van der Waals surface area contributed by atoms with Crippen molar-refractivity contribution >= 4 is 11.6 Å². The number of aryl methyl sites for hydroxylation is 2. The van der Waals surface area contributed by atoms with Crippen LogP contribution in [0.4, 0.5) is 18.9 Å². The van der Waals surface area contributed by atoms with E-state index in [-0.39, 0.29) is 12.3 Å². The molecule has 0 atom stereocenters. The lowest BCUT2D eigenvalue weighted by atomic mass is 9.98. The van der Waals surface area contributed by atoms with Gasteiger partial charge < -0.3 is 4.90 Å². The molecule has 1 amide bonds. The summed E-state index contributed by atoms with van der Waals surface area (Å²) in [6.45, 7) is 2.67. The highest BCUT2D eigenvalue weighted by Crippen LogP contribution is 2.30. The van der Waals surface area contributed by atoms with Crippen molar-refractivity contribution in [3.05, 3.63) is 64.7 Å². The molecule has 1 aliphatic heterocycles. The van der Waals surface area contributed by atoms with Gasteiger partial charge in [-0.1, -0.05) is 29.8 Å². The van der Waals surface area contributed by atoms with Crippen molar-refractivity contribution in [3.63, 3.8) is 0 Å². The monoisotopic (exact) mass is 333 g/mol. The first kappa shape index (κ1) is 16.6. The molecular weight excluding hydrogens is 315 g/mol. The molecule has 0 radical (unpaired) electrons. The van der Waals surface area contributed by atoms with Crippen molar-refractivity contribution in [2.24, 2.45) is 0 Å². The van der Waals surface area contributed by atoms with E-state index in [4.69, 9.17) is 0 Å². The Labute approximate surface area is 138 Å². The van der Waals surface area contributed by atoms with E-state index in [0.717, 1.165) is 41.8 Å². The molecule has 0 aromatic heterocycles. The molecule has 5 heteroatoms. The summed E-state index contributed by atoms with van der Waals surface area (Å²) in [5.41, 5.74) is 3.13. The summed E-state index contributed by atoms with van der Waals surface area (Å²) in [7, 11) is 0. The second-order valence-corrected chi connectivity index (χ2v) is 6.15.